The monoisotopic (exact) mass is 289 g/mol. The van der Waals surface area contributed by atoms with Crippen LogP contribution in [0.4, 0.5) is 17.1 Å². The van der Waals surface area contributed by atoms with Crippen LogP contribution >= 0.6 is 0 Å². The fourth-order valence-corrected chi connectivity index (χ4v) is 2.49. The number of anilines is 3. The van der Waals surface area contributed by atoms with Gasteiger partial charge < -0.3 is 10.0 Å². The van der Waals surface area contributed by atoms with Crippen molar-refractivity contribution in [2.75, 3.05) is 4.90 Å². The lowest BCUT2D eigenvalue weighted by molar-refractivity contribution is 0.475. The average Bonchev–Trinajstić information content (AvgIpc) is 2.54. The van der Waals surface area contributed by atoms with E-state index in [-0.39, 0.29) is 5.75 Å². The second-order valence-electron chi connectivity index (χ2n) is 5.46. The van der Waals surface area contributed by atoms with Crippen LogP contribution in [-0.4, -0.2) is 5.11 Å². The molecule has 22 heavy (non-hydrogen) atoms. The van der Waals surface area contributed by atoms with Gasteiger partial charge in [-0.05, 0) is 73.5 Å². The van der Waals surface area contributed by atoms with Crippen molar-refractivity contribution in [2.45, 2.75) is 13.8 Å². The van der Waals surface area contributed by atoms with Crippen molar-refractivity contribution in [1.29, 1.82) is 0 Å². The molecule has 3 aromatic carbocycles. The number of benzene rings is 3. The second kappa shape index (κ2) is 5.94. The van der Waals surface area contributed by atoms with Crippen molar-refractivity contribution in [3.8, 4) is 5.75 Å². The Morgan fingerprint density at radius 2 is 1.23 bits per heavy atom. The highest BCUT2D eigenvalue weighted by atomic mass is 16.3. The minimum Gasteiger partial charge on any atom is -0.508 e. The van der Waals surface area contributed by atoms with Crippen LogP contribution in [0.5, 0.6) is 5.75 Å². The Kier molecular flexibility index (Phi) is 3.84. The molecule has 3 rings (SSSR count). The molecule has 0 unspecified atom stereocenters. The molecule has 0 aromatic heterocycles. The number of phenolic OH excluding ortho intramolecular Hbond substituents is 1. The van der Waals surface area contributed by atoms with Gasteiger partial charge in [-0.1, -0.05) is 24.3 Å². The molecular weight excluding hydrogens is 270 g/mol. The maximum absolute atomic E-state index is 9.54. The summed E-state index contributed by atoms with van der Waals surface area (Å²) < 4.78 is 0. The lowest BCUT2D eigenvalue weighted by atomic mass is 10.1. The third-order valence-electron chi connectivity index (χ3n) is 3.87. The van der Waals surface area contributed by atoms with Gasteiger partial charge in [-0.2, -0.15) is 0 Å². The number of hydrogen-bond donors (Lipinski definition) is 1. The van der Waals surface area contributed by atoms with E-state index in [0.29, 0.717) is 0 Å². The lowest BCUT2D eigenvalue weighted by Crippen LogP contribution is -2.10. The third kappa shape index (κ3) is 2.82. The van der Waals surface area contributed by atoms with Gasteiger partial charge in [-0.3, -0.25) is 0 Å². The quantitative estimate of drug-likeness (QED) is 0.690. The molecule has 0 aliphatic heterocycles. The van der Waals surface area contributed by atoms with E-state index in [1.54, 1.807) is 12.1 Å². The Balaban J connectivity index is 2.14. The maximum Gasteiger partial charge on any atom is 0.115 e. The highest BCUT2D eigenvalue weighted by Crippen LogP contribution is 2.35. The van der Waals surface area contributed by atoms with Gasteiger partial charge in [0.2, 0.25) is 0 Å². The summed E-state index contributed by atoms with van der Waals surface area (Å²) in [7, 11) is 0. The molecule has 0 bridgehead atoms. The van der Waals surface area contributed by atoms with Crippen molar-refractivity contribution >= 4 is 17.1 Å². The Morgan fingerprint density at radius 3 is 1.86 bits per heavy atom. The van der Waals surface area contributed by atoms with Gasteiger partial charge in [0.05, 0.1) is 0 Å². The van der Waals surface area contributed by atoms with Crippen LogP contribution in [0.2, 0.25) is 0 Å². The molecule has 0 spiro atoms. The topological polar surface area (TPSA) is 23.5 Å². The van der Waals surface area contributed by atoms with E-state index in [4.69, 9.17) is 0 Å². The van der Waals surface area contributed by atoms with Crippen LogP contribution in [-0.2, 0) is 0 Å². The van der Waals surface area contributed by atoms with Crippen LogP contribution in [0.1, 0.15) is 11.1 Å². The Morgan fingerprint density at radius 1 is 0.636 bits per heavy atom. The molecular formula is C20H19NO. The zero-order chi connectivity index (χ0) is 15.5. The fourth-order valence-electron chi connectivity index (χ4n) is 2.49. The van der Waals surface area contributed by atoms with Crippen LogP contribution in [0, 0.1) is 13.8 Å². The van der Waals surface area contributed by atoms with Gasteiger partial charge in [0.25, 0.3) is 0 Å². The first kappa shape index (κ1) is 14.2. The summed E-state index contributed by atoms with van der Waals surface area (Å²) >= 11 is 0. The summed E-state index contributed by atoms with van der Waals surface area (Å²) in [5, 5.41) is 9.54. The Hall–Kier alpha value is -2.74. The number of rotatable bonds is 3. The van der Waals surface area contributed by atoms with Gasteiger partial charge in [-0.25, -0.2) is 0 Å². The minimum atomic E-state index is 0.275. The first-order valence-electron chi connectivity index (χ1n) is 7.36. The summed E-state index contributed by atoms with van der Waals surface area (Å²) in [6.07, 6.45) is 0. The minimum absolute atomic E-state index is 0.275. The smallest absolute Gasteiger partial charge is 0.115 e. The molecule has 1 N–H and O–H groups in total. The molecule has 3 aromatic rings. The maximum atomic E-state index is 9.54. The molecule has 0 saturated heterocycles. The Labute approximate surface area is 131 Å². The van der Waals surface area contributed by atoms with Crippen LogP contribution < -0.4 is 4.90 Å². The molecule has 0 atom stereocenters. The third-order valence-corrected chi connectivity index (χ3v) is 3.87. The molecule has 0 amide bonds. The van der Waals surface area contributed by atoms with Crippen LogP contribution in [0.15, 0.2) is 72.8 Å². The number of nitrogens with zero attached hydrogens (tertiary/aromatic N) is 1. The molecule has 2 heteroatoms. The second-order valence-corrected chi connectivity index (χ2v) is 5.46. The first-order valence-corrected chi connectivity index (χ1v) is 7.36. The van der Waals surface area contributed by atoms with E-state index in [0.717, 1.165) is 17.1 Å². The van der Waals surface area contributed by atoms with E-state index in [2.05, 4.69) is 49.1 Å². The molecule has 0 aliphatic rings. The van der Waals surface area contributed by atoms with Gasteiger partial charge in [0.1, 0.15) is 5.75 Å². The fraction of sp³-hybridized carbons (Fsp3) is 0.100. The van der Waals surface area contributed by atoms with Crippen LogP contribution in [0.25, 0.3) is 0 Å². The van der Waals surface area contributed by atoms with E-state index >= 15 is 0 Å². The van der Waals surface area contributed by atoms with Crippen LogP contribution in [0.3, 0.4) is 0 Å². The first-order chi connectivity index (χ1) is 10.6. The van der Waals surface area contributed by atoms with Crippen molar-refractivity contribution in [3.05, 3.63) is 83.9 Å². The molecule has 110 valence electrons. The van der Waals surface area contributed by atoms with Crippen molar-refractivity contribution < 1.29 is 5.11 Å². The van der Waals surface area contributed by atoms with E-state index in [9.17, 15) is 5.11 Å². The number of hydrogen-bond acceptors (Lipinski definition) is 2. The van der Waals surface area contributed by atoms with Crippen molar-refractivity contribution in [3.63, 3.8) is 0 Å². The molecule has 0 radical (unpaired) electrons. The largest absolute Gasteiger partial charge is 0.508 e. The normalized spacial score (nSPS) is 10.5. The summed E-state index contributed by atoms with van der Waals surface area (Å²) in [6, 6.07) is 24.0. The summed E-state index contributed by atoms with van der Waals surface area (Å²) in [5.41, 5.74) is 5.77. The predicted molar refractivity (Wildman–Crippen MR) is 92.3 cm³/mol. The predicted octanol–water partition coefficient (Wildman–Crippen LogP) is 5.48. The van der Waals surface area contributed by atoms with Gasteiger partial charge in [0, 0.05) is 17.1 Å². The van der Waals surface area contributed by atoms with Crippen molar-refractivity contribution in [1.82, 2.24) is 0 Å². The zero-order valence-electron chi connectivity index (χ0n) is 12.8. The molecule has 0 fully saturated rings. The summed E-state index contributed by atoms with van der Waals surface area (Å²) in [5.74, 6) is 0.275. The lowest BCUT2D eigenvalue weighted by Gasteiger charge is -2.26. The van der Waals surface area contributed by atoms with E-state index in [1.165, 1.54) is 11.1 Å². The highest BCUT2D eigenvalue weighted by molar-refractivity contribution is 5.77. The number of aryl methyl sites for hydroxylation is 2. The van der Waals surface area contributed by atoms with E-state index < -0.39 is 0 Å². The van der Waals surface area contributed by atoms with Gasteiger partial charge >= 0.3 is 0 Å². The Bertz CT molecular complexity index is 763. The molecule has 0 saturated carbocycles. The summed E-state index contributed by atoms with van der Waals surface area (Å²) in [6.45, 7) is 4.24. The van der Waals surface area contributed by atoms with Gasteiger partial charge in [0.15, 0.2) is 0 Å². The zero-order valence-corrected chi connectivity index (χ0v) is 12.8. The van der Waals surface area contributed by atoms with Crippen molar-refractivity contribution in [2.24, 2.45) is 0 Å². The SMILES string of the molecule is Cc1ccc(N(c2ccccc2)c2ccc(O)cc2)cc1C. The standard InChI is InChI=1S/C20H19NO/c1-15-8-9-19(14-16(15)2)21(17-6-4-3-5-7-17)18-10-12-20(22)13-11-18/h3-14,22H,1-2H3. The average molecular weight is 289 g/mol. The number of para-hydroxylation sites is 1. The molecule has 0 aliphatic carbocycles. The summed E-state index contributed by atoms with van der Waals surface area (Å²) in [4.78, 5) is 2.19. The van der Waals surface area contributed by atoms with E-state index in [1.807, 2.05) is 30.3 Å². The number of phenols is 1. The molecule has 2 nitrogen and oxygen atoms in total. The number of aromatic hydroxyl groups is 1. The highest BCUT2D eigenvalue weighted by Gasteiger charge is 2.12. The molecule has 0 heterocycles. The van der Waals surface area contributed by atoms with Gasteiger partial charge in [-0.15, -0.1) is 0 Å².